The summed E-state index contributed by atoms with van der Waals surface area (Å²) >= 11 is 0. The van der Waals surface area contributed by atoms with E-state index in [9.17, 15) is 9.59 Å². The van der Waals surface area contributed by atoms with Gasteiger partial charge in [-0.3, -0.25) is 9.59 Å². The largest absolute Gasteiger partial charge is 0.376 e. The molecule has 0 radical (unpaired) electrons. The Bertz CT molecular complexity index is 816. The van der Waals surface area contributed by atoms with Crippen LogP contribution in [0, 0.1) is 13.8 Å². The Balaban J connectivity index is 1.83. The summed E-state index contributed by atoms with van der Waals surface area (Å²) in [5, 5.41) is 6.11. The van der Waals surface area contributed by atoms with Crippen LogP contribution in [-0.4, -0.2) is 24.4 Å². The SMILES string of the molecule is Cc1cccc(NCC(=O)N2c3ccccc3NC(=O)C[C@@H]2C)c1C. The maximum atomic E-state index is 12.9. The molecule has 5 heteroatoms. The van der Waals surface area contributed by atoms with Gasteiger partial charge in [0.15, 0.2) is 0 Å². The average Bonchev–Trinajstić information content (AvgIpc) is 2.70. The van der Waals surface area contributed by atoms with E-state index in [0.717, 1.165) is 16.9 Å². The van der Waals surface area contributed by atoms with Crippen LogP contribution < -0.4 is 15.5 Å². The Morgan fingerprint density at radius 2 is 1.96 bits per heavy atom. The van der Waals surface area contributed by atoms with Crippen LogP contribution in [0.25, 0.3) is 0 Å². The highest BCUT2D eigenvalue weighted by Gasteiger charge is 2.29. The van der Waals surface area contributed by atoms with Crippen LogP contribution in [0.3, 0.4) is 0 Å². The number of nitrogens with one attached hydrogen (secondary N) is 2. The summed E-state index contributed by atoms with van der Waals surface area (Å²) in [6.45, 7) is 6.16. The second-order valence-corrected chi connectivity index (χ2v) is 6.48. The lowest BCUT2D eigenvalue weighted by Crippen LogP contribution is -2.42. The number of anilines is 3. The average molecular weight is 337 g/mol. The van der Waals surface area contributed by atoms with Crippen LogP contribution in [0.5, 0.6) is 0 Å². The summed E-state index contributed by atoms with van der Waals surface area (Å²) in [7, 11) is 0. The quantitative estimate of drug-likeness (QED) is 0.901. The predicted octanol–water partition coefficient (Wildman–Crippen LogP) is 3.48. The number of hydrogen-bond acceptors (Lipinski definition) is 3. The molecule has 2 amide bonds. The van der Waals surface area contributed by atoms with Crippen molar-refractivity contribution in [3.05, 3.63) is 53.6 Å². The fraction of sp³-hybridized carbons (Fsp3) is 0.300. The van der Waals surface area contributed by atoms with Crippen LogP contribution in [0.2, 0.25) is 0 Å². The minimum absolute atomic E-state index is 0.0580. The summed E-state index contributed by atoms with van der Waals surface area (Å²) in [5.74, 6) is -0.130. The number of nitrogens with zero attached hydrogens (tertiary/aromatic N) is 1. The predicted molar refractivity (Wildman–Crippen MR) is 101 cm³/mol. The molecule has 0 unspecified atom stereocenters. The van der Waals surface area contributed by atoms with E-state index in [1.807, 2.05) is 63.2 Å². The summed E-state index contributed by atoms with van der Waals surface area (Å²) in [6.07, 6.45) is 0.282. The Hall–Kier alpha value is -2.82. The van der Waals surface area contributed by atoms with Crippen molar-refractivity contribution in [1.82, 2.24) is 0 Å². The molecule has 25 heavy (non-hydrogen) atoms. The first-order valence-corrected chi connectivity index (χ1v) is 8.48. The lowest BCUT2D eigenvalue weighted by atomic mass is 10.1. The zero-order chi connectivity index (χ0) is 18.0. The van der Waals surface area contributed by atoms with E-state index in [1.165, 1.54) is 5.56 Å². The standard InChI is InChI=1S/C20H23N3O2/c1-13-7-6-9-16(15(13)3)21-12-20(25)23-14(2)11-19(24)22-17-8-4-5-10-18(17)23/h4-10,14,21H,11-12H2,1-3H3,(H,22,24)/t14-/m0/s1. The number of benzene rings is 2. The Morgan fingerprint density at radius 1 is 1.20 bits per heavy atom. The van der Waals surface area contributed by atoms with Crippen molar-refractivity contribution in [2.75, 3.05) is 22.1 Å². The topological polar surface area (TPSA) is 61.4 Å². The van der Waals surface area contributed by atoms with Crippen molar-refractivity contribution in [2.45, 2.75) is 33.2 Å². The Labute approximate surface area is 148 Å². The van der Waals surface area contributed by atoms with Gasteiger partial charge in [0.05, 0.1) is 17.9 Å². The fourth-order valence-corrected chi connectivity index (χ4v) is 3.17. The van der Waals surface area contributed by atoms with E-state index in [2.05, 4.69) is 10.6 Å². The maximum Gasteiger partial charge on any atom is 0.246 e. The van der Waals surface area contributed by atoms with Crippen molar-refractivity contribution < 1.29 is 9.59 Å². The van der Waals surface area contributed by atoms with E-state index < -0.39 is 0 Å². The van der Waals surface area contributed by atoms with Crippen LogP contribution in [-0.2, 0) is 9.59 Å². The molecule has 0 saturated carbocycles. The summed E-state index contributed by atoms with van der Waals surface area (Å²) < 4.78 is 0. The minimum Gasteiger partial charge on any atom is -0.376 e. The Morgan fingerprint density at radius 3 is 2.76 bits per heavy atom. The zero-order valence-corrected chi connectivity index (χ0v) is 14.8. The molecule has 1 atom stereocenters. The second-order valence-electron chi connectivity index (χ2n) is 6.48. The third-order valence-corrected chi connectivity index (χ3v) is 4.66. The molecule has 1 aliphatic rings. The molecule has 0 spiro atoms. The molecule has 0 fully saturated rings. The van der Waals surface area contributed by atoms with E-state index in [1.54, 1.807) is 4.90 Å². The maximum absolute atomic E-state index is 12.9. The third kappa shape index (κ3) is 3.50. The normalized spacial score (nSPS) is 16.7. The third-order valence-electron chi connectivity index (χ3n) is 4.66. The van der Waals surface area contributed by atoms with Crippen molar-refractivity contribution in [1.29, 1.82) is 0 Å². The van der Waals surface area contributed by atoms with Crippen molar-refractivity contribution in [3.63, 3.8) is 0 Å². The van der Waals surface area contributed by atoms with E-state index in [-0.39, 0.29) is 30.8 Å². The summed E-state index contributed by atoms with van der Waals surface area (Å²) in [6, 6.07) is 13.2. The number of rotatable bonds is 3. The van der Waals surface area contributed by atoms with Gasteiger partial charge in [0.1, 0.15) is 0 Å². The van der Waals surface area contributed by atoms with Crippen molar-refractivity contribution >= 4 is 28.9 Å². The molecule has 2 N–H and O–H groups in total. The molecular formula is C20H23N3O2. The van der Waals surface area contributed by atoms with E-state index in [4.69, 9.17) is 0 Å². The monoisotopic (exact) mass is 337 g/mol. The second kappa shape index (κ2) is 6.97. The molecule has 1 aliphatic heterocycles. The van der Waals surface area contributed by atoms with Gasteiger partial charge in [0.25, 0.3) is 0 Å². The molecule has 0 aromatic heterocycles. The molecule has 0 bridgehead atoms. The van der Waals surface area contributed by atoms with Crippen LogP contribution >= 0.6 is 0 Å². The van der Waals surface area contributed by atoms with Gasteiger partial charge < -0.3 is 15.5 Å². The first-order chi connectivity index (χ1) is 12.0. The van der Waals surface area contributed by atoms with Crippen LogP contribution in [0.4, 0.5) is 17.1 Å². The molecule has 1 heterocycles. The molecule has 0 saturated heterocycles. The highest BCUT2D eigenvalue weighted by atomic mass is 16.2. The van der Waals surface area contributed by atoms with Gasteiger partial charge in [0.2, 0.25) is 11.8 Å². The molecule has 0 aliphatic carbocycles. The van der Waals surface area contributed by atoms with Gasteiger partial charge in [-0.2, -0.15) is 0 Å². The highest BCUT2D eigenvalue weighted by molar-refractivity contribution is 6.05. The Kier molecular flexibility index (Phi) is 4.74. The van der Waals surface area contributed by atoms with E-state index in [0.29, 0.717) is 5.69 Å². The lowest BCUT2D eigenvalue weighted by Gasteiger charge is -2.28. The highest BCUT2D eigenvalue weighted by Crippen LogP contribution is 2.31. The molecule has 3 rings (SSSR count). The summed E-state index contributed by atoms with van der Waals surface area (Å²) in [4.78, 5) is 26.7. The van der Waals surface area contributed by atoms with Gasteiger partial charge in [-0.25, -0.2) is 0 Å². The van der Waals surface area contributed by atoms with Gasteiger partial charge in [-0.05, 0) is 50.1 Å². The molecular weight excluding hydrogens is 314 g/mol. The molecule has 130 valence electrons. The number of carbonyl (C=O) groups is 2. The number of amides is 2. The number of carbonyl (C=O) groups excluding carboxylic acids is 2. The fourth-order valence-electron chi connectivity index (χ4n) is 3.17. The van der Waals surface area contributed by atoms with Gasteiger partial charge in [-0.15, -0.1) is 0 Å². The molecule has 5 nitrogen and oxygen atoms in total. The first-order valence-electron chi connectivity index (χ1n) is 8.48. The van der Waals surface area contributed by atoms with Crippen LogP contribution in [0.1, 0.15) is 24.5 Å². The van der Waals surface area contributed by atoms with Crippen molar-refractivity contribution in [2.24, 2.45) is 0 Å². The van der Waals surface area contributed by atoms with Gasteiger partial charge >= 0.3 is 0 Å². The minimum atomic E-state index is -0.198. The first kappa shape index (κ1) is 17.0. The van der Waals surface area contributed by atoms with E-state index >= 15 is 0 Å². The lowest BCUT2D eigenvalue weighted by molar-refractivity contribution is -0.118. The van der Waals surface area contributed by atoms with Crippen molar-refractivity contribution in [3.8, 4) is 0 Å². The van der Waals surface area contributed by atoms with Gasteiger partial charge in [-0.1, -0.05) is 24.3 Å². The molecule has 2 aromatic carbocycles. The molecule has 2 aromatic rings. The van der Waals surface area contributed by atoms with Gasteiger partial charge in [0, 0.05) is 18.2 Å². The number of para-hydroxylation sites is 2. The smallest absolute Gasteiger partial charge is 0.246 e. The number of hydrogen-bond donors (Lipinski definition) is 2. The number of fused-ring (bicyclic) bond motifs is 1. The zero-order valence-electron chi connectivity index (χ0n) is 14.8. The van der Waals surface area contributed by atoms with Crippen LogP contribution in [0.15, 0.2) is 42.5 Å². The number of aryl methyl sites for hydroxylation is 1. The summed E-state index contributed by atoms with van der Waals surface area (Å²) in [5.41, 5.74) is 4.70.